The van der Waals surface area contributed by atoms with Crippen LogP contribution in [-0.4, -0.2) is 25.7 Å². The van der Waals surface area contributed by atoms with Crippen LogP contribution in [0.15, 0.2) is 0 Å². The molecule has 0 aromatic carbocycles. The van der Waals surface area contributed by atoms with E-state index >= 15 is 0 Å². The summed E-state index contributed by atoms with van der Waals surface area (Å²) < 4.78 is 5.19. The van der Waals surface area contributed by atoms with Gasteiger partial charge in [0, 0.05) is 32.1 Å². The smallest absolute Gasteiger partial charge is 0.223 e. The van der Waals surface area contributed by atoms with E-state index < -0.39 is 0 Å². The van der Waals surface area contributed by atoms with E-state index in [1.807, 2.05) is 0 Å². The Balaban J connectivity index is 2.11. The van der Waals surface area contributed by atoms with Crippen LogP contribution >= 0.6 is 0 Å². The van der Waals surface area contributed by atoms with Crippen LogP contribution in [0.3, 0.4) is 0 Å². The monoisotopic (exact) mass is 195 g/mol. The number of carbonyl (C=O) groups is 1. The summed E-state index contributed by atoms with van der Waals surface area (Å²) in [6, 6.07) is 0. The lowest BCUT2D eigenvalue weighted by Crippen LogP contribution is -2.34. The van der Waals surface area contributed by atoms with Crippen molar-refractivity contribution in [3.05, 3.63) is 0 Å². The second-order valence-corrected chi connectivity index (χ2v) is 3.49. The van der Waals surface area contributed by atoms with Crippen molar-refractivity contribution >= 4 is 5.91 Å². The maximum atomic E-state index is 11.5. The number of terminal acetylenes is 1. The van der Waals surface area contributed by atoms with Gasteiger partial charge in [-0.25, -0.2) is 0 Å². The van der Waals surface area contributed by atoms with Crippen LogP contribution in [0.25, 0.3) is 0 Å². The highest BCUT2D eigenvalue weighted by atomic mass is 16.5. The number of unbranched alkanes of at least 4 members (excludes halogenated alkanes) is 1. The fourth-order valence-electron chi connectivity index (χ4n) is 1.51. The first kappa shape index (κ1) is 11.1. The molecule has 1 aliphatic heterocycles. The Bertz CT molecular complexity index is 214. The SMILES string of the molecule is C#CCCCNC(=O)C1CCOCC1. The van der Waals surface area contributed by atoms with Crippen molar-refractivity contribution in [2.75, 3.05) is 19.8 Å². The van der Waals surface area contributed by atoms with E-state index in [9.17, 15) is 4.79 Å². The quantitative estimate of drug-likeness (QED) is 0.535. The standard InChI is InChI=1S/C11H17NO2/c1-2-3-4-7-12-11(13)10-5-8-14-9-6-10/h1,10H,3-9H2,(H,12,13). The van der Waals surface area contributed by atoms with Gasteiger partial charge >= 0.3 is 0 Å². The lowest BCUT2D eigenvalue weighted by atomic mass is 9.99. The largest absolute Gasteiger partial charge is 0.381 e. The minimum absolute atomic E-state index is 0.148. The number of carbonyl (C=O) groups excluding carboxylic acids is 1. The lowest BCUT2D eigenvalue weighted by molar-refractivity contribution is -0.127. The van der Waals surface area contributed by atoms with Gasteiger partial charge in [0.1, 0.15) is 0 Å². The molecule has 0 bridgehead atoms. The molecule has 1 amide bonds. The number of amides is 1. The van der Waals surface area contributed by atoms with Gasteiger partial charge in [0.2, 0.25) is 5.91 Å². The van der Waals surface area contributed by atoms with E-state index in [1.54, 1.807) is 0 Å². The molecule has 0 aromatic rings. The third-order valence-corrected chi connectivity index (χ3v) is 2.39. The lowest BCUT2D eigenvalue weighted by Gasteiger charge is -2.21. The Labute approximate surface area is 85.2 Å². The third kappa shape index (κ3) is 3.80. The van der Waals surface area contributed by atoms with Crippen LogP contribution in [0.4, 0.5) is 0 Å². The minimum Gasteiger partial charge on any atom is -0.381 e. The van der Waals surface area contributed by atoms with Gasteiger partial charge in [-0.2, -0.15) is 0 Å². The van der Waals surface area contributed by atoms with Gasteiger partial charge in [-0.15, -0.1) is 12.3 Å². The zero-order valence-corrected chi connectivity index (χ0v) is 8.42. The summed E-state index contributed by atoms with van der Waals surface area (Å²) >= 11 is 0. The minimum atomic E-state index is 0.148. The van der Waals surface area contributed by atoms with Crippen molar-refractivity contribution in [2.24, 2.45) is 5.92 Å². The Morgan fingerprint density at radius 1 is 1.50 bits per heavy atom. The van der Waals surface area contributed by atoms with Crippen LogP contribution in [0.5, 0.6) is 0 Å². The Morgan fingerprint density at radius 2 is 2.21 bits per heavy atom. The number of hydrogen-bond donors (Lipinski definition) is 1. The maximum absolute atomic E-state index is 11.5. The normalized spacial score (nSPS) is 17.4. The van der Waals surface area contributed by atoms with Gasteiger partial charge in [0.05, 0.1) is 0 Å². The average molecular weight is 195 g/mol. The van der Waals surface area contributed by atoms with Crippen molar-refractivity contribution in [3.8, 4) is 12.3 Å². The van der Waals surface area contributed by atoms with Crippen molar-refractivity contribution < 1.29 is 9.53 Å². The summed E-state index contributed by atoms with van der Waals surface area (Å²) in [6.07, 6.45) is 8.40. The Kier molecular flexibility index (Phi) is 5.09. The molecule has 1 aliphatic rings. The van der Waals surface area contributed by atoms with Gasteiger partial charge < -0.3 is 10.1 Å². The summed E-state index contributed by atoms with van der Waals surface area (Å²) in [5.41, 5.74) is 0. The predicted molar refractivity (Wildman–Crippen MR) is 54.6 cm³/mol. The summed E-state index contributed by atoms with van der Waals surface area (Å²) in [6.45, 7) is 2.12. The third-order valence-electron chi connectivity index (χ3n) is 2.39. The number of ether oxygens (including phenoxy) is 1. The van der Waals surface area contributed by atoms with Crippen molar-refractivity contribution in [3.63, 3.8) is 0 Å². The molecule has 3 heteroatoms. The molecule has 3 nitrogen and oxygen atoms in total. The summed E-state index contributed by atoms with van der Waals surface area (Å²) in [5.74, 6) is 2.86. The first-order valence-corrected chi connectivity index (χ1v) is 5.13. The van der Waals surface area contributed by atoms with Crippen LogP contribution < -0.4 is 5.32 Å². The van der Waals surface area contributed by atoms with Gasteiger partial charge in [-0.1, -0.05) is 0 Å². The highest BCUT2D eigenvalue weighted by molar-refractivity contribution is 5.78. The van der Waals surface area contributed by atoms with E-state index in [-0.39, 0.29) is 11.8 Å². The highest BCUT2D eigenvalue weighted by Crippen LogP contribution is 2.14. The van der Waals surface area contributed by atoms with Gasteiger partial charge in [0.15, 0.2) is 0 Å². The average Bonchev–Trinajstić information content (AvgIpc) is 2.25. The second kappa shape index (κ2) is 6.44. The molecule has 1 N–H and O–H groups in total. The molecule has 0 saturated carbocycles. The molecule has 1 saturated heterocycles. The molecular weight excluding hydrogens is 178 g/mol. The fraction of sp³-hybridized carbons (Fsp3) is 0.727. The zero-order valence-electron chi connectivity index (χ0n) is 8.42. The second-order valence-electron chi connectivity index (χ2n) is 3.49. The van der Waals surface area contributed by atoms with E-state index in [0.29, 0.717) is 19.8 Å². The van der Waals surface area contributed by atoms with Crippen molar-refractivity contribution in [1.82, 2.24) is 5.32 Å². The molecule has 1 heterocycles. The van der Waals surface area contributed by atoms with Gasteiger partial charge in [-0.3, -0.25) is 4.79 Å². The molecular formula is C11H17NO2. The van der Waals surface area contributed by atoms with Crippen LogP contribution in [0.1, 0.15) is 25.7 Å². The molecule has 78 valence electrons. The van der Waals surface area contributed by atoms with Crippen molar-refractivity contribution in [1.29, 1.82) is 0 Å². The summed E-state index contributed by atoms with van der Waals surface area (Å²) in [4.78, 5) is 11.5. The first-order valence-electron chi connectivity index (χ1n) is 5.13. The fourth-order valence-corrected chi connectivity index (χ4v) is 1.51. The molecule has 0 aromatic heterocycles. The Hall–Kier alpha value is -1.01. The van der Waals surface area contributed by atoms with Crippen molar-refractivity contribution in [2.45, 2.75) is 25.7 Å². The van der Waals surface area contributed by atoms with Crippen LogP contribution in [-0.2, 0) is 9.53 Å². The van der Waals surface area contributed by atoms with E-state index in [4.69, 9.17) is 11.2 Å². The topological polar surface area (TPSA) is 38.3 Å². The first-order chi connectivity index (χ1) is 6.84. The number of hydrogen-bond acceptors (Lipinski definition) is 2. The highest BCUT2D eigenvalue weighted by Gasteiger charge is 2.20. The van der Waals surface area contributed by atoms with E-state index in [1.165, 1.54) is 0 Å². The van der Waals surface area contributed by atoms with Gasteiger partial charge in [-0.05, 0) is 19.3 Å². The van der Waals surface area contributed by atoms with Gasteiger partial charge in [0.25, 0.3) is 0 Å². The Morgan fingerprint density at radius 3 is 2.86 bits per heavy atom. The predicted octanol–water partition coefficient (Wildman–Crippen LogP) is 0.943. The molecule has 0 atom stereocenters. The molecule has 0 aliphatic carbocycles. The maximum Gasteiger partial charge on any atom is 0.223 e. The van der Waals surface area contributed by atoms with E-state index in [0.717, 1.165) is 25.7 Å². The summed E-state index contributed by atoms with van der Waals surface area (Å²) in [7, 11) is 0. The van der Waals surface area contributed by atoms with Crippen LogP contribution in [0.2, 0.25) is 0 Å². The zero-order chi connectivity index (χ0) is 10.2. The molecule has 1 fully saturated rings. The molecule has 0 radical (unpaired) electrons. The van der Waals surface area contributed by atoms with Crippen LogP contribution in [0, 0.1) is 18.3 Å². The molecule has 0 spiro atoms. The molecule has 1 rings (SSSR count). The molecule has 14 heavy (non-hydrogen) atoms. The molecule has 0 unspecified atom stereocenters. The summed E-state index contributed by atoms with van der Waals surface area (Å²) in [5, 5.41) is 2.90. The number of rotatable bonds is 4. The number of nitrogens with one attached hydrogen (secondary N) is 1. The van der Waals surface area contributed by atoms with E-state index in [2.05, 4.69) is 11.2 Å².